The van der Waals surface area contributed by atoms with Gasteiger partial charge in [-0.1, -0.05) is 64.6 Å². The number of rotatable bonds is 6. The van der Waals surface area contributed by atoms with Crippen molar-refractivity contribution < 1.29 is 4.79 Å². The summed E-state index contributed by atoms with van der Waals surface area (Å²) in [6, 6.07) is 7.94. The maximum atomic E-state index is 12.7. The zero-order valence-electron chi connectivity index (χ0n) is 16.4. The van der Waals surface area contributed by atoms with Gasteiger partial charge in [0.15, 0.2) is 5.82 Å². The van der Waals surface area contributed by atoms with E-state index in [1.165, 1.54) is 16.4 Å². The first kappa shape index (κ1) is 20.3. The third-order valence-corrected chi connectivity index (χ3v) is 5.41. The minimum atomic E-state index is -0.348. The molecule has 26 heavy (non-hydrogen) atoms. The number of thioether (sulfide) groups is 1. The van der Waals surface area contributed by atoms with E-state index < -0.39 is 0 Å². The summed E-state index contributed by atoms with van der Waals surface area (Å²) in [5.41, 5.74) is 1.81. The zero-order chi connectivity index (χ0) is 19.5. The number of hydrogen-bond acceptors (Lipinski definition) is 5. The van der Waals surface area contributed by atoms with Gasteiger partial charge in [0.1, 0.15) is 0 Å². The van der Waals surface area contributed by atoms with Crippen LogP contribution in [0, 0.1) is 0 Å². The highest BCUT2D eigenvalue weighted by Gasteiger charge is 2.25. The first-order valence-corrected chi connectivity index (χ1v) is 9.80. The van der Waals surface area contributed by atoms with Crippen LogP contribution in [-0.4, -0.2) is 26.0 Å². The van der Waals surface area contributed by atoms with Crippen LogP contribution in [0.2, 0.25) is 0 Å². The standard InChI is InChI=1S/C19H29N5OS/c1-7-12(2)14-10-8-9-11-15(14)21-16(25)13(3)26-18-23-22-17(24(18)20)19(4,5)6/h8-13H,7,20H2,1-6H3,(H,21,25). The largest absolute Gasteiger partial charge is 0.336 e. The van der Waals surface area contributed by atoms with Crippen molar-refractivity contribution in [2.45, 2.75) is 69.7 Å². The monoisotopic (exact) mass is 375 g/mol. The highest BCUT2D eigenvalue weighted by atomic mass is 32.2. The van der Waals surface area contributed by atoms with Gasteiger partial charge >= 0.3 is 0 Å². The van der Waals surface area contributed by atoms with Gasteiger partial charge in [-0.25, -0.2) is 4.68 Å². The molecule has 0 radical (unpaired) electrons. The third kappa shape index (κ3) is 4.58. The summed E-state index contributed by atoms with van der Waals surface area (Å²) in [4.78, 5) is 12.7. The summed E-state index contributed by atoms with van der Waals surface area (Å²) in [7, 11) is 0. The van der Waals surface area contributed by atoms with Crippen LogP contribution >= 0.6 is 11.8 Å². The molecule has 0 aliphatic heterocycles. The Hall–Kier alpha value is -2.02. The molecule has 2 atom stereocenters. The van der Waals surface area contributed by atoms with E-state index in [2.05, 4.69) is 35.4 Å². The van der Waals surface area contributed by atoms with Crippen molar-refractivity contribution in [3.8, 4) is 0 Å². The average molecular weight is 376 g/mol. The van der Waals surface area contributed by atoms with Crippen LogP contribution < -0.4 is 11.2 Å². The average Bonchev–Trinajstić information content (AvgIpc) is 2.95. The summed E-state index contributed by atoms with van der Waals surface area (Å²) >= 11 is 1.31. The lowest BCUT2D eigenvalue weighted by molar-refractivity contribution is -0.115. The molecule has 0 fully saturated rings. The van der Waals surface area contributed by atoms with Gasteiger partial charge in [-0.15, -0.1) is 10.2 Å². The summed E-state index contributed by atoms with van der Waals surface area (Å²) < 4.78 is 1.47. The third-order valence-electron chi connectivity index (χ3n) is 4.35. The number of benzene rings is 1. The van der Waals surface area contributed by atoms with E-state index in [9.17, 15) is 4.79 Å². The molecule has 0 saturated carbocycles. The lowest BCUT2D eigenvalue weighted by Crippen LogP contribution is -2.26. The Labute approximate surface area is 159 Å². The molecule has 7 heteroatoms. The molecule has 0 aliphatic rings. The minimum Gasteiger partial charge on any atom is -0.336 e. The van der Waals surface area contributed by atoms with Crippen molar-refractivity contribution in [1.29, 1.82) is 0 Å². The molecular formula is C19H29N5OS. The number of anilines is 1. The van der Waals surface area contributed by atoms with Crippen LogP contribution in [0.1, 0.15) is 65.3 Å². The topological polar surface area (TPSA) is 85.8 Å². The Bertz CT molecular complexity index is 766. The van der Waals surface area contributed by atoms with Crippen LogP contribution in [0.25, 0.3) is 0 Å². The fourth-order valence-corrected chi connectivity index (χ4v) is 3.35. The molecule has 0 aliphatic carbocycles. The Morgan fingerprint density at radius 1 is 1.27 bits per heavy atom. The molecule has 1 heterocycles. The molecule has 3 N–H and O–H groups in total. The van der Waals surface area contributed by atoms with E-state index >= 15 is 0 Å². The van der Waals surface area contributed by atoms with E-state index in [1.807, 2.05) is 45.9 Å². The fourth-order valence-electron chi connectivity index (χ4n) is 2.58. The summed E-state index contributed by atoms with van der Waals surface area (Å²) in [6.45, 7) is 12.2. The van der Waals surface area contributed by atoms with Crippen LogP contribution in [0.3, 0.4) is 0 Å². The minimum absolute atomic E-state index is 0.0777. The van der Waals surface area contributed by atoms with Crippen molar-refractivity contribution in [1.82, 2.24) is 14.9 Å². The fraction of sp³-hybridized carbons (Fsp3) is 0.526. The predicted molar refractivity (Wildman–Crippen MR) is 108 cm³/mol. The summed E-state index contributed by atoms with van der Waals surface area (Å²) in [5, 5.41) is 11.5. The Kier molecular flexibility index (Phi) is 6.34. The van der Waals surface area contributed by atoms with Crippen molar-refractivity contribution in [2.75, 3.05) is 11.2 Å². The van der Waals surface area contributed by atoms with Crippen molar-refractivity contribution in [3.05, 3.63) is 35.7 Å². The number of carbonyl (C=O) groups is 1. The quantitative estimate of drug-likeness (QED) is 0.590. The molecule has 1 amide bonds. The smallest absolute Gasteiger partial charge is 0.237 e. The van der Waals surface area contributed by atoms with Crippen molar-refractivity contribution in [3.63, 3.8) is 0 Å². The number of hydrogen-bond donors (Lipinski definition) is 2. The predicted octanol–water partition coefficient (Wildman–Crippen LogP) is 3.92. The Balaban J connectivity index is 2.11. The number of nitrogens with zero attached hydrogens (tertiary/aromatic N) is 3. The van der Waals surface area contributed by atoms with Gasteiger partial charge < -0.3 is 11.2 Å². The van der Waals surface area contributed by atoms with E-state index in [-0.39, 0.29) is 16.6 Å². The van der Waals surface area contributed by atoms with Gasteiger partial charge in [-0.2, -0.15) is 0 Å². The van der Waals surface area contributed by atoms with Crippen LogP contribution in [-0.2, 0) is 10.2 Å². The van der Waals surface area contributed by atoms with E-state index in [1.54, 1.807) is 0 Å². The van der Waals surface area contributed by atoms with Crippen LogP contribution in [0.5, 0.6) is 0 Å². The van der Waals surface area contributed by atoms with Gasteiger partial charge in [0.05, 0.1) is 5.25 Å². The Morgan fingerprint density at radius 3 is 2.50 bits per heavy atom. The molecular weight excluding hydrogens is 346 g/mol. The number of nitrogens with one attached hydrogen (secondary N) is 1. The molecule has 6 nitrogen and oxygen atoms in total. The number of nitrogens with two attached hydrogens (primary N) is 1. The Morgan fingerprint density at radius 2 is 1.92 bits per heavy atom. The van der Waals surface area contributed by atoms with Gasteiger partial charge in [0.25, 0.3) is 0 Å². The second kappa shape index (κ2) is 8.12. The number of nitrogen functional groups attached to an aromatic ring is 1. The second-order valence-electron chi connectivity index (χ2n) is 7.57. The highest BCUT2D eigenvalue weighted by molar-refractivity contribution is 8.00. The molecule has 142 valence electrons. The van der Waals surface area contributed by atoms with Gasteiger partial charge in [-0.05, 0) is 30.9 Å². The van der Waals surface area contributed by atoms with Crippen LogP contribution in [0.4, 0.5) is 5.69 Å². The molecule has 2 unspecified atom stereocenters. The van der Waals surface area contributed by atoms with Gasteiger partial charge in [-0.3, -0.25) is 4.79 Å². The first-order valence-electron chi connectivity index (χ1n) is 8.92. The number of para-hydroxylation sites is 1. The van der Waals surface area contributed by atoms with Gasteiger partial charge in [0.2, 0.25) is 11.1 Å². The summed E-state index contributed by atoms with van der Waals surface area (Å²) in [5.74, 6) is 7.11. The van der Waals surface area contributed by atoms with Crippen molar-refractivity contribution >= 4 is 23.4 Å². The number of amides is 1. The lowest BCUT2D eigenvalue weighted by atomic mass is 9.96. The maximum Gasteiger partial charge on any atom is 0.237 e. The first-order chi connectivity index (χ1) is 12.1. The summed E-state index contributed by atoms with van der Waals surface area (Å²) in [6.07, 6.45) is 1.02. The van der Waals surface area contributed by atoms with E-state index in [4.69, 9.17) is 5.84 Å². The molecule has 1 aromatic carbocycles. The molecule has 0 spiro atoms. The number of carbonyl (C=O) groups excluding carboxylic acids is 1. The molecule has 2 aromatic rings. The zero-order valence-corrected chi connectivity index (χ0v) is 17.2. The van der Waals surface area contributed by atoms with E-state index in [0.29, 0.717) is 16.9 Å². The highest BCUT2D eigenvalue weighted by Crippen LogP contribution is 2.29. The SMILES string of the molecule is CCC(C)c1ccccc1NC(=O)C(C)Sc1nnc(C(C)(C)C)n1N. The molecule has 0 bridgehead atoms. The maximum absolute atomic E-state index is 12.7. The molecule has 2 rings (SSSR count). The molecule has 0 saturated heterocycles. The lowest BCUT2D eigenvalue weighted by Gasteiger charge is -2.18. The number of aromatic nitrogens is 3. The normalized spacial score (nSPS) is 14.1. The molecule has 1 aromatic heterocycles. The van der Waals surface area contributed by atoms with Crippen molar-refractivity contribution in [2.24, 2.45) is 0 Å². The van der Waals surface area contributed by atoms with Crippen LogP contribution in [0.15, 0.2) is 29.4 Å². The van der Waals surface area contributed by atoms with Gasteiger partial charge in [0, 0.05) is 11.1 Å². The second-order valence-corrected chi connectivity index (χ2v) is 8.88. The van der Waals surface area contributed by atoms with E-state index in [0.717, 1.165) is 17.7 Å².